The highest BCUT2D eigenvalue weighted by Crippen LogP contribution is 2.36. The minimum absolute atomic E-state index is 0.0565. The molecule has 0 aliphatic carbocycles. The van der Waals surface area contributed by atoms with Crippen molar-refractivity contribution in [1.29, 1.82) is 0 Å². The standard InChI is InChI=1S/C14H11BrCl2N2O2/c1-8(9-3-2-4-10(15)5-9)18-14-12(16)6-11(19(20)21)7-13(14)17/h2-8,18H,1H3. The summed E-state index contributed by atoms with van der Waals surface area (Å²) >= 11 is 15.6. The number of nitro benzene ring substituents is 1. The highest BCUT2D eigenvalue weighted by atomic mass is 79.9. The third-order valence-electron chi connectivity index (χ3n) is 2.95. The Balaban J connectivity index is 2.29. The van der Waals surface area contributed by atoms with Crippen molar-refractivity contribution in [1.82, 2.24) is 0 Å². The topological polar surface area (TPSA) is 55.2 Å². The molecular formula is C14H11BrCl2N2O2. The smallest absolute Gasteiger partial charge is 0.272 e. The van der Waals surface area contributed by atoms with Crippen molar-refractivity contribution in [3.05, 3.63) is 66.6 Å². The van der Waals surface area contributed by atoms with Gasteiger partial charge in [0.25, 0.3) is 5.69 Å². The number of non-ortho nitro benzene ring substituents is 1. The lowest BCUT2D eigenvalue weighted by Gasteiger charge is -2.18. The van der Waals surface area contributed by atoms with Crippen LogP contribution in [0.2, 0.25) is 10.0 Å². The molecular weight excluding hydrogens is 379 g/mol. The summed E-state index contributed by atoms with van der Waals surface area (Å²) in [5, 5.41) is 14.4. The lowest BCUT2D eigenvalue weighted by molar-refractivity contribution is -0.384. The van der Waals surface area contributed by atoms with Gasteiger partial charge in [-0.2, -0.15) is 0 Å². The van der Waals surface area contributed by atoms with E-state index in [9.17, 15) is 10.1 Å². The molecule has 2 rings (SSSR count). The molecule has 2 aromatic rings. The van der Waals surface area contributed by atoms with Gasteiger partial charge in [0, 0.05) is 22.6 Å². The molecule has 0 spiro atoms. The Hall–Kier alpha value is -1.30. The van der Waals surface area contributed by atoms with Gasteiger partial charge < -0.3 is 5.32 Å². The Morgan fingerprint density at radius 3 is 2.38 bits per heavy atom. The van der Waals surface area contributed by atoms with Gasteiger partial charge in [-0.3, -0.25) is 10.1 Å². The summed E-state index contributed by atoms with van der Waals surface area (Å²) in [6.45, 7) is 1.95. The van der Waals surface area contributed by atoms with Crippen molar-refractivity contribution < 1.29 is 4.92 Å². The molecule has 0 saturated carbocycles. The number of nitrogens with one attached hydrogen (secondary N) is 1. The van der Waals surface area contributed by atoms with Crippen LogP contribution in [0.1, 0.15) is 18.5 Å². The van der Waals surface area contributed by atoms with Crippen LogP contribution in [0, 0.1) is 10.1 Å². The molecule has 1 unspecified atom stereocenters. The van der Waals surface area contributed by atoms with Crippen LogP contribution < -0.4 is 5.32 Å². The van der Waals surface area contributed by atoms with Gasteiger partial charge in [0.1, 0.15) is 0 Å². The van der Waals surface area contributed by atoms with Crippen LogP contribution in [-0.2, 0) is 0 Å². The van der Waals surface area contributed by atoms with Gasteiger partial charge in [-0.05, 0) is 24.6 Å². The third-order valence-corrected chi connectivity index (χ3v) is 4.04. The predicted octanol–water partition coefficient (Wildman–Crippen LogP) is 5.84. The monoisotopic (exact) mass is 388 g/mol. The van der Waals surface area contributed by atoms with Crippen molar-refractivity contribution in [3.63, 3.8) is 0 Å². The van der Waals surface area contributed by atoms with Crippen LogP contribution in [0.15, 0.2) is 40.9 Å². The molecule has 4 nitrogen and oxygen atoms in total. The first-order valence-corrected chi connectivity index (χ1v) is 7.59. The molecule has 1 atom stereocenters. The first kappa shape index (κ1) is 16.1. The molecule has 0 fully saturated rings. The van der Waals surface area contributed by atoms with Crippen LogP contribution in [-0.4, -0.2) is 4.92 Å². The van der Waals surface area contributed by atoms with Gasteiger partial charge in [0.2, 0.25) is 0 Å². The van der Waals surface area contributed by atoms with E-state index >= 15 is 0 Å². The summed E-state index contributed by atoms with van der Waals surface area (Å²) < 4.78 is 0.967. The molecule has 0 aliphatic heterocycles. The maximum Gasteiger partial charge on any atom is 0.272 e. The summed E-state index contributed by atoms with van der Waals surface area (Å²) in [5.41, 5.74) is 1.39. The summed E-state index contributed by atoms with van der Waals surface area (Å²) in [5.74, 6) is 0. The zero-order chi connectivity index (χ0) is 15.6. The molecule has 0 bridgehead atoms. The molecule has 0 saturated heterocycles. The highest BCUT2D eigenvalue weighted by molar-refractivity contribution is 9.10. The second kappa shape index (κ2) is 6.64. The Labute approximate surface area is 140 Å². The highest BCUT2D eigenvalue weighted by Gasteiger charge is 2.16. The Kier molecular flexibility index (Phi) is 5.08. The Bertz CT molecular complexity index is 671. The zero-order valence-corrected chi connectivity index (χ0v) is 14.0. The average molecular weight is 390 g/mol. The van der Waals surface area contributed by atoms with Gasteiger partial charge in [-0.1, -0.05) is 51.3 Å². The molecule has 0 aromatic heterocycles. The van der Waals surface area contributed by atoms with E-state index in [0.29, 0.717) is 5.69 Å². The van der Waals surface area contributed by atoms with Gasteiger partial charge in [-0.15, -0.1) is 0 Å². The van der Waals surface area contributed by atoms with Gasteiger partial charge in [0.15, 0.2) is 0 Å². The summed E-state index contributed by atoms with van der Waals surface area (Å²) in [6, 6.07) is 10.3. The fourth-order valence-electron chi connectivity index (χ4n) is 1.88. The number of halogens is 3. The van der Waals surface area contributed by atoms with Crippen LogP contribution in [0.4, 0.5) is 11.4 Å². The number of anilines is 1. The number of hydrogen-bond acceptors (Lipinski definition) is 3. The maximum atomic E-state index is 10.8. The molecule has 110 valence electrons. The van der Waals surface area contributed by atoms with Crippen molar-refractivity contribution >= 4 is 50.5 Å². The number of rotatable bonds is 4. The number of benzene rings is 2. The fraction of sp³-hybridized carbons (Fsp3) is 0.143. The van der Waals surface area contributed by atoms with Crippen molar-refractivity contribution in [2.24, 2.45) is 0 Å². The Morgan fingerprint density at radius 2 is 1.86 bits per heavy atom. The van der Waals surface area contributed by atoms with E-state index in [0.717, 1.165) is 10.0 Å². The van der Waals surface area contributed by atoms with E-state index in [2.05, 4.69) is 21.2 Å². The van der Waals surface area contributed by atoms with Gasteiger partial charge in [-0.25, -0.2) is 0 Å². The van der Waals surface area contributed by atoms with Gasteiger partial charge in [0.05, 0.1) is 20.7 Å². The second-order valence-corrected chi connectivity index (χ2v) is 6.19. The van der Waals surface area contributed by atoms with Crippen LogP contribution >= 0.6 is 39.1 Å². The number of nitro groups is 1. The lowest BCUT2D eigenvalue weighted by atomic mass is 10.1. The first-order chi connectivity index (χ1) is 9.88. The minimum Gasteiger partial charge on any atom is -0.376 e. The van der Waals surface area contributed by atoms with Crippen molar-refractivity contribution in [2.45, 2.75) is 13.0 Å². The number of hydrogen-bond donors (Lipinski definition) is 1. The largest absolute Gasteiger partial charge is 0.376 e. The van der Waals surface area contributed by atoms with Crippen LogP contribution in [0.3, 0.4) is 0 Å². The summed E-state index contributed by atoms with van der Waals surface area (Å²) in [4.78, 5) is 10.2. The van der Waals surface area contributed by atoms with E-state index in [1.54, 1.807) is 0 Å². The first-order valence-electron chi connectivity index (χ1n) is 6.04. The Morgan fingerprint density at radius 1 is 1.24 bits per heavy atom. The zero-order valence-electron chi connectivity index (χ0n) is 10.9. The molecule has 21 heavy (non-hydrogen) atoms. The fourth-order valence-corrected chi connectivity index (χ4v) is 2.88. The molecule has 0 radical (unpaired) electrons. The van der Waals surface area contributed by atoms with E-state index in [4.69, 9.17) is 23.2 Å². The van der Waals surface area contributed by atoms with E-state index < -0.39 is 4.92 Å². The molecule has 1 N–H and O–H groups in total. The lowest BCUT2D eigenvalue weighted by Crippen LogP contribution is -2.07. The molecule has 2 aromatic carbocycles. The van der Waals surface area contributed by atoms with Crippen LogP contribution in [0.5, 0.6) is 0 Å². The van der Waals surface area contributed by atoms with Gasteiger partial charge >= 0.3 is 0 Å². The SMILES string of the molecule is CC(Nc1c(Cl)cc([N+](=O)[O-])cc1Cl)c1cccc(Br)c1. The van der Waals surface area contributed by atoms with E-state index in [1.807, 2.05) is 31.2 Å². The molecule has 0 amide bonds. The maximum absolute atomic E-state index is 10.8. The molecule has 7 heteroatoms. The average Bonchev–Trinajstić information content (AvgIpc) is 2.42. The predicted molar refractivity (Wildman–Crippen MR) is 89.3 cm³/mol. The summed E-state index contributed by atoms with van der Waals surface area (Å²) in [7, 11) is 0. The molecule has 0 aliphatic rings. The van der Waals surface area contributed by atoms with Crippen LogP contribution in [0.25, 0.3) is 0 Å². The van der Waals surface area contributed by atoms with Crippen molar-refractivity contribution in [3.8, 4) is 0 Å². The van der Waals surface area contributed by atoms with Crippen molar-refractivity contribution in [2.75, 3.05) is 5.32 Å². The quantitative estimate of drug-likeness (QED) is 0.528. The molecule has 0 heterocycles. The third kappa shape index (κ3) is 3.87. The minimum atomic E-state index is -0.528. The second-order valence-electron chi connectivity index (χ2n) is 4.46. The normalized spacial score (nSPS) is 12.0. The summed E-state index contributed by atoms with van der Waals surface area (Å²) in [6.07, 6.45) is 0. The van der Waals surface area contributed by atoms with E-state index in [-0.39, 0.29) is 21.8 Å². The van der Waals surface area contributed by atoms with E-state index in [1.165, 1.54) is 12.1 Å². The number of nitrogens with zero attached hydrogens (tertiary/aromatic N) is 1.